The van der Waals surface area contributed by atoms with Gasteiger partial charge in [0.1, 0.15) is 6.04 Å². The number of aliphatic carboxylic acids is 1. The predicted molar refractivity (Wildman–Crippen MR) is 77.9 cm³/mol. The van der Waals surface area contributed by atoms with Crippen LogP contribution in [0.2, 0.25) is 5.02 Å². The lowest BCUT2D eigenvalue weighted by molar-refractivity contribution is -0.139. The number of carboxylic acids is 1. The van der Waals surface area contributed by atoms with E-state index in [4.69, 9.17) is 16.7 Å². The van der Waals surface area contributed by atoms with Crippen molar-refractivity contribution in [2.75, 3.05) is 7.05 Å². The third kappa shape index (κ3) is 4.13. The highest BCUT2D eigenvalue weighted by Gasteiger charge is 2.23. The molecule has 0 saturated carbocycles. The second-order valence-electron chi connectivity index (χ2n) is 4.59. The van der Waals surface area contributed by atoms with Crippen molar-refractivity contribution in [3.63, 3.8) is 0 Å². The van der Waals surface area contributed by atoms with Crippen molar-refractivity contribution in [2.45, 2.75) is 32.4 Å². The van der Waals surface area contributed by atoms with Gasteiger partial charge in [0.25, 0.3) is 0 Å². The number of carbonyl (C=O) groups excluding carboxylic acids is 1. The van der Waals surface area contributed by atoms with Gasteiger partial charge in [-0.3, -0.25) is 0 Å². The van der Waals surface area contributed by atoms with Crippen LogP contribution in [-0.2, 0) is 4.79 Å². The molecule has 1 aromatic carbocycles. The van der Waals surface area contributed by atoms with Crippen molar-refractivity contribution in [3.8, 4) is 0 Å². The van der Waals surface area contributed by atoms with Crippen LogP contribution in [0.15, 0.2) is 24.3 Å². The van der Waals surface area contributed by atoms with Crippen LogP contribution in [0.1, 0.15) is 31.9 Å². The first-order valence-corrected chi connectivity index (χ1v) is 6.76. The average molecular weight is 299 g/mol. The molecule has 2 atom stereocenters. The van der Waals surface area contributed by atoms with Gasteiger partial charge in [0.05, 0.1) is 6.04 Å². The summed E-state index contributed by atoms with van der Waals surface area (Å²) in [5.74, 6) is -1.04. The van der Waals surface area contributed by atoms with Crippen LogP contribution in [0.3, 0.4) is 0 Å². The van der Waals surface area contributed by atoms with Gasteiger partial charge < -0.3 is 15.3 Å². The highest BCUT2D eigenvalue weighted by molar-refractivity contribution is 6.30. The minimum atomic E-state index is -1.04. The number of carboxylic acid groups (broad SMARTS) is 1. The van der Waals surface area contributed by atoms with Gasteiger partial charge in [0, 0.05) is 12.1 Å². The van der Waals surface area contributed by atoms with Crippen molar-refractivity contribution >= 4 is 23.6 Å². The van der Waals surface area contributed by atoms with Gasteiger partial charge >= 0.3 is 12.0 Å². The van der Waals surface area contributed by atoms with E-state index in [0.717, 1.165) is 5.56 Å². The van der Waals surface area contributed by atoms with Crippen molar-refractivity contribution in [1.29, 1.82) is 0 Å². The zero-order valence-electron chi connectivity index (χ0n) is 11.8. The smallest absolute Gasteiger partial charge is 0.326 e. The molecule has 0 heterocycles. The summed E-state index contributed by atoms with van der Waals surface area (Å²) in [5, 5.41) is 12.0. The van der Waals surface area contributed by atoms with E-state index in [1.54, 1.807) is 26.1 Å². The zero-order valence-corrected chi connectivity index (χ0v) is 12.5. The molecule has 0 aromatic heterocycles. The van der Waals surface area contributed by atoms with Crippen molar-refractivity contribution in [3.05, 3.63) is 34.9 Å². The van der Waals surface area contributed by atoms with Crippen LogP contribution >= 0.6 is 11.6 Å². The highest BCUT2D eigenvalue weighted by atomic mass is 35.5. The number of benzene rings is 1. The maximum absolute atomic E-state index is 12.0. The molecule has 0 radical (unpaired) electrons. The molecule has 2 N–H and O–H groups in total. The van der Waals surface area contributed by atoms with Crippen LogP contribution in [0.25, 0.3) is 0 Å². The number of hydrogen-bond acceptors (Lipinski definition) is 2. The van der Waals surface area contributed by atoms with Crippen molar-refractivity contribution in [2.24, 2.45) is 0 Å². The molecule has 0 aliphatic heterocycles. The Labute approximate surface area is 123 Å². The van der Waals surface area contributed by atoms with E-state index in [9.17, 15) is 9.59 Å². The fraction of sp³-hybridized carbons (Fsp3) is 0.429. The normalized spacial score (nSPS) is 13.4. The Hall–Kier alpha value is -1.75. The summed E-state index contributed by atoms with van der Waals surface area (Å²) >= 11 is 5.92. The number of amides is 2. The van der Waals surface area contributed by atoms with Crippen molar-refractivity contribution < 1.29 is 14.7 Å². The fourth-order valence-corrected chi connectivity index (χ4v) is 1.95. The van der Waals surface area contributed by atoms with E-state index in [0.29, 0.717) is 11.4 Å². The first kappa shape index (κ1) is 16.3. The maximum atomic E-state index is 12.0. The molecule has 1 rings (SSSR count). The maximum Gasteiger partial charge on any atom is 0.326 e. The number of carbonyl (C=O) groups is 2. The van der Waals surface area contributed by atoms with Crippen LogP contribution in [0.5, 0.6) is 0 Å². The standard InChI is InChI=1S/C14H19ClN2O3/c1-4-12(13(18)19)16-14(20)17(3)9(2)10-6-5-7-11(15)8-10/h5-9,12H,4H2,1-3H3,(H,16,20)(H,18,19)/t9?,12-/m0/s1. The van der Waals surface area contributed by atoms with E-state index in [1.807, 2.05) is 19.1 Å². The number of hydrogen-bond donors (Lipinski definition) is 2. The summed E-state index contributed by atoms with van der Waals surface area (Å²) in [5.41, 5.74) is 0.888. The first-order chi connectivity index (χ1) is 9.36. The van der Waals surface area contributed by atoms with E-state index in [2.05, 4.69) is 5.32 Å². The minimum absolute atomic E-state index is 0.208. The summed E-state index contributed by atoms with van der Waals surface area (Å²) in [6.45, 7) is 3.56. The number of nitrogens with zero attached hydrogens (tertiary/aromatic N) is 1. The monoisotopic (exact) mass is 298 g/mol. The third-order valence-corrected chi connectivity index (χ3v) is 3.47. The van der Waals surface area contributed by atoms with Gasteiger partial charge in [0.15, 0.2) is 0 Å². The Morgan fingerprint density at radius 1 is 1.45 bits per heavy atom. The summed E-state index contributed by atoms with van der Waals surface area (Å²) in [6.07, 6.45) is 0.334. The molecule has 0 fully saturated rings. The lowest BCUT2D eigenvalue weighted by Crippen LogP contribution is -2.47. The molecule has 0 saturated heterocycles. The zero-order chi connectivity index (χ0) is 15.3. The molecule has 0 aliphatic rings. The summed E-state index contributed by atoms with van der Waals surface area (Å²) in [7, 11) is 1.62. The van der Waals surface area contributed by atoms with Gasteiger partial charge in [-0.1, -0.05) is 30.7 Å². The second-order valence-corrected chi connectivity index (χ2v) is 5.03. The lowest BCUT2D eigenvalue weighted by atomic mass is 10.1. The molecule has 0 bridgehead atoms. The Morgan fingerprint density at radius 2 is 2.10 bits per heavy atom. The quantitative estimate of drug-likeness (QED) is 0.878. The minimum Gasteiger partial charge on any atom is -0.480 e. The van der Waals surface area contributed by atoms with E-state index < -0.39 is 18.0 Å². The molecule has 5 nitrogen and oxygen atoms in total. The van der Waals surface area contributed by atoms with Crippen LogP contribution in [-0.4, -0.2) is 35.1 Å². The Kier molecular flexibility index (Phi) is 5.82. The summed E-state index contributed by atoms with van der Waals surface area (Å²) < 4.78 is 0. The van der Waals surface area contributed by atoms with Gasteiger partial charge in [-0.05, 0) is 31.0 Å². The van der Waals surface area contributed by atoms with Crippen LogP contribution in [0, 0.1) is 0 Å². The molecule has 2 amide bonds. The average Bonchev–Trinajstić information content (AvgIpc) is 2.42. The SMILES string of the molecule is CC[C@H](NC(=O)N(C)C(C)c1cccc(Cl)c1)C(=O)O. The fourth-order valence-electron chi connectivity index (χ4n) is 1.76. The van der Waals surface area contributed by atoms with Gasteiger partial charge in [0.2, 0.25) is 0 Å². The van der Waals surface area contributed by atoms with Gasteiger partial charge in [-0.15, -0.1) is 0 Å². The number of urea groups is 1. The Morgan fingerprint density at radius 3 is 2.60 bits per heavy atom. The van der Waals surface area contributed by atoms with E-state index >= 15 is 0 Å². The summed E-state index contributed by atoms with van der Waals surface area (Å²) in [4.78, 5) is 24.4. The van der Waals surface area contributed by atoms with Gasteiger partial charge in [-0.25, -0.2) is 9.59 Å². The van der Waals surface area contributed by atoms with E-state index in [-0.39, 0.29) is 6.04 Å². The Bertz CT molecular complexity index is 493. The molecule has 110 valence electrons. The molecule has 0 aliphatic carbocycles. The second kappa shape index (κ2) is 7.14. The van der Waals surface area contributed by atoms with Gasteiger partial charge in [-0.2, -0.15) is 0 Å². The topological polar surface area (TPSA) is 69.6 Å². The number of halogens is 1. The largest absolute Gasteiger partial charge is 0.480 e. The summed E-state index contributed by atoms with van der Waals surface area (Å²) in [6, 6.07) is 5.71. The predicted octanol–water partition coefficient (Wildman–Crippen LogP) is 2.91. The molecule has 6 heteroatoms. The molecular formula is C14H19ClN2O3. The molecule has 20 heavy (non-hydrogen) atoms. The van der Waals surface area contributed by atoms with Crippen LogP contribution < -0.4 is 5.32 Å². The first-order valence-electron chi connectivity index (χ1n) is 6.38. The molecule has 1 unspecified atom stereocenters. The molecular weight excluding hydrogens is 280 g/mol. The molecule has 1 aromatic rings. The number of nitrogens with one attached hydrogen (secondary N) is 1. The van der Waals surface area contributed by atoms with Crippen molar-refractivity contribution in [1.82, 2.24) is 10.2 Å². The number of rotatable bonds is 5. The molecule has 0 spiro atoms. The highest BCUT2D eigenvalue weighted by Crippen LogP contribution is 2.21. The Balaban J connectivity index is 2.76. The van der Waals surface area contributed by atoms with Crippen LogP contribution in [0.4, 0.5) is 4.79 Å². The lowest BCUT2D eigenvalue weighted by Gasteiger charge is -2.27. The third-order valence-electron chi connectivity index (χ3n) is 3.24. The van der Waals surface area contributed by atoms with E-state index in [1.165, 1.54) is 4.90 Å².